The van der Waals surface area contributed by atoms with E-state index >= 15 is 0 Å². The molecule has 0 atom stereocenters. The summed E-state index contributed by atoms with van der Waals surface area (Å²) in [5.74, 6) is 0.404. The van der Waals surface area contributed by atoms with E-state index in [1.165, 1.54) is 0 Å². The first kappa shape index (κ1) is 12.5. The number of nitrogens with zero attached hydrogens (tertiary/aromatic N) is 2. The molecule has 0 saturated heterocycles. The number of aryl methyl sites for hydroxylation is 1. The summed E-state index contributed by atoms with van der Waals surface area (Å²) < 4.78 is 1.75. The highest BCUT2D eigenvalue weighted by atomic mass is 35.5. The van der Waals surface area contributed by atoms with E-state index in [4.69, 9.17) is 23.2 Å². The van der Waals surface area contributed by atoms with Gasteiger partial charge in [0.2, 0.25) is 0 Å². The monoisotopic (exact) mass is 268 g/mol. The van der Waals surface area contributed by atoms with E-state index in [0.717, 1.165) is 29.8 Å². The minimum atomic E-state index is 0.404. The summed E-state index contributed by atoms with van der Waals surface area (Å²) in [5.41, 5.74) is 2.90. The number of hydrogen-bond acceptors (Lipinski definition) is 1. The van der Waals surface area contributed by atoms with E-state index in [1.807, 2.05) is 30.3 Å². The molecule has 0 spiro atoms. The lowest BCUT2D eigenvalue weighted by molar-refractivity contribution is 0.805. The van der Waals surface area contributed by atoms with Crippen LogP contribution in [0.3, 0.4) is 0 Å². The summed E-state index contributed by atoms with van der Waals surface area (Å²) in [7, 11) is 0. The van der Waals surface area contributed by atoms with Gasteiger partial charge >= 0.3 is 0 Å². The lowest BCUT2D eigenvalue weighted by Gasteiger charge is -2.01. The Balaban J connectivity index is 2.49. The third kappa shape index (κ3) is 2.48. The van der Waals surface area contributed by atoms with Gasteiger partial charge < -0.3 is 0 Å². The molecule has 0 N–H and O–H groups in total. The van der Waals surface area contributed by atoms with E-state index in [2.05, 4.69) is 12.0 Å². The second kappa shape index (κ2) is 5.56. The highest BCUT2D eigenvalue weighted by Gasteiger charge is 2.15. The molecule has 0 saturated carbocycles. The summed E-state index contributed by atoms with van der Waals surface area (Å²) >= 11 is 12.3. The smallest absolute Gasteiger partial charge is 0.137 e. The van der Waals surface area contributed by atoms with Crippen LogP contribution in [0.15, 0.2) is 30.3 Å². The lowest BCUT2D eigenvalue weighted by atomic mass is 10.2. The summed E-state index contributed by atoms with van der Waals surface area (Å²) in [4.78, 5) is 0. The number of halogens is 2. The molecule has 2 aromatic rings. The molecule has 0 amide bonds. The van der Waals surface area contributed by atoms with Gasteiger partial charge in [-0.3, -0.25) is 0 Å². The Morgan fingerprint density at radius 3 is 2.53 bits per heavy atom. The van der Waals surface area contributed by atoms with Crippen LogP contribution in [-0.4, -0.2) is 9.78 Å². The second-order valence-corrected chi connectivity index (χ2v) is 4.47. The first-order valence-electron chi connectivity index (χ1n) is 5.65. The number of para-hydroxylation sites is 1. The Labute approximate surface area is 111 Å². The summed E-state index contributed by atoms with van der Waals surface area (Å²) in [6, 6.07) is 9.86. The number of alkyl halides is 1. The third-order valence-corrected chi connectivity index (χ3v) is 3.28. The van der Waals surface area contributed by atoms with E-state index in [-0.39, 0.29) is 0 Å². The predicted octanol–water partition coefficient (Wildman–Crippen LogP) is 4.22. The minimum absolute atomic E-state index is 0.404. The highest BCUT2D eigenvalue weighted by Crippen LogP contribution is 2.26. The Morgan fingerprint density at radius 1 is 1.24 bits per heavy atom. The molecule has 0 unspecified atom stereocenters. The number of rotatable bonds is 4. The number of hydrogen-bond donors (Lipinski definition) is 0. The predicted molar refractivity (Wildman–Crippen MR) is 72.1 cm³/mol. The van der Waals surface area contributed by atoms with Gasteiger partial charge in [0.05, 0.1) is 17.3 Å². The lowest BCUT2D eigenvalue weighted by Crippen LogP contribution is -1.96. The van der Waals surface area contributed by atoms with Crippen LogP contribution in [-0.2, 0) is 12.3 Å². The molecule has 0 aliphatic rings. The van der Waals surface area contributed by atoms with Crippen LogP contribution >= 0.6 is 23.2 Å². The molecule has 0 aliphatic carbocycles. The van der Waals surface area contributed by atoms with E-state index in [0.29, 0.717) is 11.0 Å². The van der Waals surface area contributed by atoms with E-state index in [9.17, 15) is 0 Å². The van der Waals surface area contributed by atoms with Gasteiger partial charge in [-0.1, -0.05) is 43.1 Å². The fourth-order valence-corrected chi connectivity index (χ4v) is 2.44. The molecule has 0 radical (unpaired) electrons. The molecule has 4 heteroatoms. The largest absolute Gasteiger partial charge is 0.222 e. The molecule has 2 rings (SSSR count). The minimum Gasteiger partial charge on any atom is -0.222 e. The fourth-order valence-electron chi connectivity index (χ4n) is 1.78. The summed E-state index contributed by atoms with van der Waals surface area (Å²) in [6.07, 6.45) is 1.94. The van der Waals surface area contributed by atoms with Crippen molar-refractivity contribution >= 4 is 23.2 Å². The Morgan fingerprint density at radius 2 is 1.94 bits per heavy atom. The topological polar surface area (TPSA) is 17.8 Å². The van der Waals surface area contributed by atoms with Crippen molar-refractivity contribution in [3.8, 4) is 5.69 Å². The standard InChI is InChI=1S/C13H14Cl2N2/c1-2-6-12-11(9-14)13(15)17(16-12)10-7-4-3-5-8-10/h3-5,7-8H,2,6,9H2,1H3. The van der Waals surface area contributed by atoms with Crippen molar-refractivity contribution in [3.05, 3.63) is 46.7 Å². The molecule has 90 valence electrons. The van der Waals surface area contributed by atoms with Crippen molar-refractivity contribution in [3.63, 3.8) is 0 Å². The maximum atomic E-state index is 6.32. The molecule has 1 heterocycles. The SMILES string of the molecule is CCCc1nn(-c2ccccc2)c(Cl)c1CCl. The van der Waals surface area contributed by atoms with Crippen LogP contribution in [0.5, 0.6) is 0 Å². The van der Waals surface area contributed by atoms with Crippen LogP contribution in [0.1, 0.15) is 24.6 Å². The maximum Gasteiger partial charge on any atom is 0.137 e. The maximum absolute atomic E-state index is 6.32. The quantitative estimate of drug-likeness (QED) is 0.760. The molecule has 2 nitrogen and oxygen atoms in total. The average molecular weight is 269 g/mol. The molecule has 1 aromatic carbocycles. The van der Waals surface area contributed by atoms with Gasteiger partial charge in [-0.2, -0.15) is 5.10 Å². The Bertz CT molecular complexity index is 492. The van der Waals surface area contributed by atoms with Crippen molar-refractivity contribution in [1.82, 2.24) is 9.78 Å². The van der Waals surface area contributed by atoms with Gasteiger partial charge in [-0.15, -0.1) is 11.6 Å². The van der Waals surface area contributed by atoms with E-state index < -0.39 is 0 Å². The zero-order valence-electron chi connectivity index (χ0n) is 9.66. The van der Waals surface area contributed by atoms with Crippen LogP contribution in [0.25, 0.3) is 5.69 Å². The first-order valence-corrected chi connectivity index (χ1v) is 6.56. The summed E-state index contributed by atoms with van der Waals surface area (Å²) in [5, 5.41) is 5.16. The molecule has 0 aliphatic heterocycles. The van der Waals surface area contributed by atoms with Crippen molar-refractivity contribution in [2.45, 2.75) is 25.6 Å². The molecule has 17 heavy (non-hydrogen) atoms. The molecular weight excluding hydrogens is 255 g/mol. The normalized spacial score (nSPS) is 10.8. The van der Waals surface area contributed by atoms with E-state index in [1.54, 1.807) is 4.68 Å². The first-order chi connectivity index (χ1) is 8.27. The van der Waals surface area contributed by atoms with Crippen molar-refractivity contribution in [2.75, 3.05) is 0 Å². The number of benzene rings is 1. The second-order valence-electron chi connectivity index (χ2n) is 3.85. The van der Waals surface area contributed by atoms with Crippen LogP contribution < -0.4 is 0 Å². The van der Waals surface area contributed by atoms with Crippen LogP contribution in [0, 0.1) is 0 Å². The Kier molecular flexibility index (Phi) is 4.08. The van der Waals surface area contributed by atoms with Gasteiger partial charge in [0.25, 0.3) is 0 Å². The van der Waals surface area contributed by atoms with Crippen molar-refractivity contribution in [1.29, 1.82) is 0 Å². The molecule has 0 bridgehead atoms. The highest BCUT2D eigenvalue weighted by molar-refractivity contribution is 6.31. The van der Waals surface area contributed by atoms with Gasteiger partial charge in [-0.05, 0) is 18.6 Å². The van der Waals surface area contributed by atoms with Crippen molar-refractivity contribution in [2.24, 2.45) is 0 Å². The Hall–Kier alpha value is -0.990. The third-order valence-electron chi connectivity index (χ3n) is 2.63. The van der Waals surface area contributed by atoms with Crippen molar-refractivity contribution < 1.29 is 0 Å². The van der Waals surface area contributed by atoms with Gasteiger partial charge in [-0.25, -0.2) is 4.68 Å². The fraction of sp³-hybridized carbons (Fsp3) is 0.308. The summed E-state index contributed by atoms with van der Waals surface area (Å²) in [6.45, 7) is 2.12. The molecule has 0 fully saturated rings. The van der Waals surface area contributed by atoms with Crippen LogP contribution in [0.4, 0.5) is 0 Å². The average Bonchev–Trinajstić information content (AvgIpc) is 2.67. The van der Waals surface area contributed by atoms with Gasteiger partial charge in [0.15, 0.2) is 0 Å². The van der Waals surface area contributed by atoms with Gasteiger partial charge in [0.1, 0.15) is 5.15 Å². The zero-order chi connectivity index (χ0) is 12.3. The molecular formula is C13H14Cl2N2. The molecule has 1 aromatic heterocycles. The number of aromatic nitrogens is 2. The van der Waals surface area contributed by atoms with Crippen LogP contribution in [0.2, 0.25) is 5.15 Å². The van der Waals surface area contributed by atoms with Gasteiger partial charge in [0, 0.05) is 5.56 Å². The zero-order valence-corrected chi connectivity index (χ0v) is 11.2.